The Morgan fingerprint density at radius 1 is 1.62 bits per heavy atom. The highest BCUT2D eigenvalue weighted by Gasteiger charge is 2.32. The number of alkyl carbamates (subject to hydrolysis) is 1. The van der Waals surface area contributed by atoms with Gasteiger partial charge in [-0.3, -0.25) is 0 Å². The standard InChI is InChI=1S/C8H13NO4/c1-8(2,3)13-6(10)5-4-9-7(11)12-5/h5H,4H2,1-3H3,(H,9,11)/t5-/m1/s1. The number of cyclic esters (lactones) is 1. The lowest BCUT2D eigenvalue weighted by Crippen LogP contribution is -2.33. The van der Waals surface area contributed by atoms with E-state index in [1.54, 1.807) is 20.8 Å². The van der Waals surface area contributed by atoms with Gasteiger partial charge in [0, 0.05) is 0 Å². The van der Waals surface area contributed by atoms with E-state index >= 15 is 0 Å². The molecule has 0 spiro atoms. The molecule has 1 amide bonds. The van der Waals surface area contributed by atoms with Crippen LogP contribution in [0.5, 0.6) is 0 Å². The van der Waals surface area contributed by atoms with E-state index in [-0.39, 0.29) is 6.54 Å². The summed E-state index contributed by atoms with van der Waals surface area (Å²) in [5, 5.41) is 2.37. The molecule has 0 aliphatic carbocycles. The highest BCUT2D eigenvalue weighted by atomic mass is 16.6. The van der Waals surface area contributed by atoms with Crippen LogP contribution in [0.15, 0.2) is 0 Å². The minimum atomic E-state index is -0.799. The van der Waals surface area contributed by atoms with Crippen molar-refractivity contribution in [3.8, 4) is 0 Å². The summed E-state index contributed by atoms with van der Waals surface area (Å²) in [6, 6.07) is 0. The Hall–Kier alpha value is -1.26. The second kappa shape index (κ2) is 3.24. The van der Waals surface area contributed by atoms with Crippen LogP contribution in [0, 0.1) is 0 Å². The quantitative estimate of drug-likeness (QED) is 0.605. The first-order valence-electron chi connectivity index (χ1n) is 4.06. The lowest BCUT2D eigenvalue weighted by Gasteiger charge is -2.20. The Balaban J connectivity index is 2.45. The van der Waals surface area contributed by atoms with E-state index in [9.17, 15) is 9.59 Å². The van der Waals surface area contributed by atoms with Gasteiger partial charge in [0.05, 0.1) is 6.54 Å². The molecular weight excluding hydrogens is 174 g/mol. The molecule has 5 nitrogen and oxygen atoms in total. The SMILES string of the molecule is CC(C)(C)OC(=O)[C@H]1CNC(=O)O1. The minimum absolute atomic E-state index is 0.188. The molecule has 0 radical (unpaired) electrons. The van der Waals surface area contributed by atoms with E-state index in [0.29, 0.717) is 0 Å². The molecule has 1 N–H and O–H groups in total. The number of hydrogen-bond donors (Lipinski definition) is 1. The van der Waals surface area contributed by atoms with E-state index in [1.165, 1.54) is 0 Å². The molecule has 1 saturated heterocycles. The van der Waals surface area contributed by atoms with Gasteiger partial charge in [-0.2, -0.15) is 0 Å². The van der Waals surface area contributed by atoms with Crippen molar-refractivity contribution < 1.29 is 19.1 Å². The van der Waals surface area contributed by atoms with Crippen LogP contribution in [0.4, 0.5) is 4.79 Å². The van der Waals surface area contributed by atoms with Gasteiger partial charge in [0.25, 0.3) is 0 Å². The first-order valence-corrected chi connectivity index (χ1v) is 4.06. The van der Waals surface area contributed by atoms with Gasteiger partial charge < -0.3 is 14.8 Å². The second-order valence-electron chi connectivity index (χ2n) is 3.81. The number of ether oxygens (including phenoxy) is 2. The van der Waals surface area contributed by atoms with Crippen LogP contribution >= 0.6 is 0 Å². The largest absolute Gasteiger partial charge is 0.457 e. The summed E-state index contributed by atoms with van der Waals surface area (Å²) in [7, 11) is 0. The van der Waals surface area contributed by atoms with E-state index in [1.807, 2.05) is 0 Å². The third kappa shape index (κ3) is 2.93. The van der Waals surface area contributed by atoms with Crippen molar-refractivity contribution in [1.82, 2.24) is 5.32 Å². The molecule has 1 fully saturated rings. The average molecular weight is 187 g/mol. The Kier molecular flexibility index (Phi) is 2.45. The summed E-state index contributed by atoms with van der Waals surface area (Å²) in [6.07, 6.45) is -1.37. The van der Waals surface area contributed by atoms with Gasteiger partial charge in [0.1, 0.15) is 5.60 Å². The topological polar surface area (TPSA) is 64.6 Å². The molecule has 0 aromatic carbocycles. The average Bonchev–Trinajstić information content (AvgIpc) is 2.31. The van der Waals surface area contributed by atoms with E-state index in [4.69, 9.17) is 4.74 Å². The lowest BCUT2D eigenvalue weighted by molar-refractivity contribution is -0.163. The fourth-order valence-corrected chi connectivity index (χ4v) is 0.888. The van der Waals surface area contributed by atoms with Crippen molar-refractivity contribution in [2.75, 3.05) is 6.54 Å². The van der Waals surface area contributed by atoms with Crippen LogP contribution in [0.25, 0.3) is 0 Å². The summed E-state index contributed by atoms with van der Waals surface area (Å²) < 4.78 is 9.66. The summed E-state index contributed by atoms with van der Waals surface area (Å²) in [4.78, 5) is 21.8. The highest BCUT2D eigenvalue weighted by Crippen LogP contribution is 2.11. The molecule has 74 valence electrons. The van der Waals surface area contributed by atoms with E-state index < -0.39 is 23.8 Å². The fourth-order valence-electron chi connectivity index (χ4n) is 0.888. The molecule has 1 aliphatic heterocycles. The molecule has 1 aliphatic rings. The number of carbonyl (C=O) groups excluding carboxylic acids is 2. The maximum Gasteiger partial charge on any atom is 0.408 e. The van der Waals surface area contributed by atoms with Crippen LogP contribution in [-0.2, 0) is 14.3 Å². The third-order valence-corrected chi connectivity index (χ3v) is 1.35. The van der Waals surface area contributed by atoms with Gasteiger partial charge in [0.15, 0.2) is 0 Å². The molecule has 0 aromatic rings. The molecular formula is C8H13NO4. The molecule has 1 rings (SSSR count). The number of rotatable bonds is 1. The maximum absolute atomic E-state index is 11.3. The normalized spacial score (nSPS) is 22.1. The third-order valence-electron chi connectivity index (χ3n) is 1.35. The van der Waals surface area contributed by atoms with Gasteiger partial charge in [-0.1, -0.05) is 0 Å². The van der Waals surface area contributed by atoms with Crippen LogP contribution in [0.1, 0.15) is 20.8 Å². The molecule has 0 aromatic heterocycles. The van der Waals surface area contributed by atoms with Crippen molar-refractivity contribution in [2.45, 2.75) is 32.5 Å². The predicted octanol–water partition coefficient (Wildman–Crippen LogP) is 0.437. The summed E-state index contributed by atoms with van der Waals surface area (Å²) in [5.41, 5.74) is -0.550. The number of hydrogen-bond acceptors (Lipinski definition) is 4. The molecule has 1 heterocycles. The van der Waals surface area contributed by atoms with Crippen molar-refractivity contribution >= 4 is 12.1 Å². The molecule has 13 heavy (non-hydrogen) atoms. The lowest BCUT2D eigenvalue weighted by atomic mass is 10.2. The maximum atomic E-state index is 11.3. The first-order chi connectivity index (χ1) is 5.88. The zero-order valence-corrected chi connectivity index (χ0v) is 7.92. The number of amides is 1. The zero-order chi connectivity index (χ0) is 10.1. The number of nitrogens with one attached hydrogen (secondary N) is 1. The smallest absolute Gasteiger partial charge is 0.408 e. The number of carbonyl (C=O) groups is 2. The van der Waals surface area contributed by atoms with Crippen LogP contribution in [0.3, 0.4) is 0 Å². The molecule has 5 heteroatoms. The van der Waals surface area contributed by atoms with Gasteiger partial charge in [-0.25, -0.2) is 9.59 Å². The summed E-state index contributed by atoms with van der Waals surface area (Å²) in [6.45, 7) is 5.47. The first kappa shape index (κ1) is 9.83. The Morgan fingerprint density at radius 3 is 2.62 bits per heavy atom. The van der Waals surface area contributed by atoms with E-state index in [0.717, 1.165) is 0 Å². The van der Waals surface area contributed by atoms with Gasteiger partial charge in [-0.05, 0) is 20.8 Å². The second-order valence-corrected chi connectivity index (χ2v) is 3.81. The molecule has 0 bridgehead atoms. The van der Waals surface area contributed by atoms with E-state index in [2.05, 4.69) is 10.1 Å². The zero-order valence-electron chi connectivity index (χ0n) is 7.92. The van der Waals surface area contributed by atoms with Crippen molar-refractivity contribution in [2.24, 2.45) is 0 Å². The Bertz CT molecular complexity index is 231. The van der Waals surface area contributed by atoms with Crippen molar-refractivity contribution in [3.05, 3.63) is 0 Å². The summed E-state index contributed by atoms with van der Waals surface area (Å²) in [5.74, 6) is -0.508. The summed E-state index contributed by atoms with van der Waals surface area (Å²) >= 11 is 0. The van der Waals surface area contributed by atoms with Crippen LogP contribution < -0.4 is 5.32 Å². The van der Waals surface area contributed by atoms with Crippen LogP contribution in [-0.4, -0.2) is 30.3 Å². The number of esters is 1. The van der Waals surface area contributed by atoms with Gasteiger partial charge in [0.2, 0.25) is 6.10 Å². The Morgan fingerprint density at radius 2 is 2.23 bits per heavy atom. The van der Waals surface area contributed by atoms with Crippen molar-refractivity contribution in [1.29, 1.82) is 0 Å². The highest BCUT2D eigenvalue weighted by molar-refractivity contribution is 5.82. The Labute approximate surface area is 76.4 Å². The minimum Gasteiger partial charge on any atom is -0.457 e. The molecule has 0 unspecified atom stereocenters. The van der Waals surface area contributed by atoms with Crippen molar-refractivity contribution in [3.63, 3.8) is 0 Å². The van der Waals surface area contributed by atoms with Crippen LogP contribution in [0.2, 0.25) is 0 Å². The van der Waals surface area contributed by atoms with Gasteiger partial charge in [-0.15, -0.1) is 0 Å². The molecule has 1 atom stereocenters. The monoisotopic (exact) mass is 187 g/mol. The fraction of sp³-hybridized carbons (Fsp3) is 0.750. The molecule has 0 saturated carbocycles. The van der Waals surface area contributed by atoms with Gasteiger partial charge >= 0.3 is 12.1 Å². The predicted molar refractivity (Wildman–Crippen MR) is 44.1 cm³/mol.